The number of azide groups is 1. The summed E-state index contributed by atoms with van der Waals surface area (Å²) in [6.45, 7) is 0.737. The van der Waals surface area contributed by atoms with Crippen LogP contribution in [0.4, 0.5) is 5.82 Å². The predicted octanol–water partition coefficient (Wildman–Crippen LogP) is 1.86. The van der Waals surface area contributed by atoms with Crippen molar-refractivity contribution >= 4 is 40.3 Å². The number of nitrogens with two attached hydrogens (primary N) is 1. The molecule has 6 N–H and O–H groups in total. The van der Waals surface area contributed by atoms with Gasteiger partial charge in [-0.05, 0) is 17.5 Å². The lowest BCUT2D eigenvalue weighted by molar-refractivity contribution is -0.0582. The second kappa shape index (κ2) is 11.2. The van der Waals surface area contributed by atoms with Crippen LogP contribution in [-0.4, -0.2) is 59.7 Å². The highest BCUT2D eigenvalue weighted by molar-refractivity contribution is 7.66. The molecule has 0 aromatic carbocycles. The minimum absolute atomic E-state index is 0.127. The van der Waals surface area contributed by atoms with Gasteiger partial charge in [0.2, 0.25) is 0 Å². The molecule has 5 atom stereocenters. The summed E-state index contributed by atoms with van der Waals surface area (Å²) >= 11 is 0. The molecule has 1 fully saturated rings. The van der Waals surface area contributed by atoms with E-state index in [-0.39, 0.29) is 12.2 Å². The molecule has 2 aromatic rings. The van der Waals surface area contributed by atoms with Crippen molar-refractivity contribution in [2.24, 2.45) is 5.11 Å². The Morgan fingerprint density at radius 1 is 1.25 bits per heavy atom. The van der Waals surface area contributed by atoms with Gasteiger partial charge in [-0.25, -0.2) is 23.7 Å². The topological polar surface area (TPSA) is 284 Å². The maximum absolute atomic E-state index is 12.1. The number of aromatic nitrogens is 3. The first-order chi connectivity index (χ1) is 16.8. The number of hydrogen-bond acceptors (Lipinski definition) is 12. The molecule has 19 nitrogen and oxygen atoms in total. The number of hydrogen-bond donors (Lipinski definition) is 5. The van der Waals surface area contributed by atoms with Gasteiger partial charge in [-0.1, -0.05) is 12.0 Å². The summed E-state index contributed by atoms with van der Waals surface area (Å²) < 4.78 is 59.5. The van der Waals surface area contributed by atoms with Gasteiger partial charge in [0.15, 0.2) is 0 Å². The van der Waals surface area contributed by atoms with Crippen molar-refractivity contribution in [1.82, 2.24) is 14.5 Å². The monoisotopic (exact) mass is 573 g/mol. The van der Waals surface area contributed by atoms with E-state index in [0.29, 0.717) is 17.5 Å². The van der Waals surface area contributed by atoms with Gasteiger partial charge in [0.1, 0.15) is 36.9 Å². The standard InChI is InChI=1S/C14H22N7O12P3/c1-2-8-4-21(14-12(8)13(15)17-6-18-14)11-3-9(29-7-19-20-16)10(31-11)5-30-35(25,26)33-36(27,28)32-34(22,23)24/h4,6,9-11H,2-3,5,7H2,1H3,(H,25,26)(H,27,28)(H2,15,17,18)(H2,22,23,24)/t9?,10-,11-/m1/s1. The summed E-state index contributed by atoms with van der Waals surface area (Å²) in [5.74, 6) is 0.258. The number of fused-ring (bicyclic) bond motifs is 1. The van der Waals surface area contributed by atoms with Crippen LogP contribution < -0.4 is 5.73 Å². The maximum Gasteiger partial charge on any atom is 0.490 e. The van der Waals surface area contributed by atoms with Gasteiger partial charge in [-0.2, -0.15) is 8.62 Å². The zero-order chi connectivity index (χ0) is 26.7. The van der Waals surface area contributed by atoms with Gasteiger partial charge < -0.3 is 39.3 Å². The Hall–Kier alpha value is -1.94. The summed E-state index contributed by atoms with van der Waals surface area (Å²) in [5.41, 5.74) is 15.8. The van der Waals surface area contributed by atoms with Crippen molar-refractivity contribution in [3.63, 3.8) is 0 Å². The highest BCUT2D eigenvalue weighted by Crippen LogP contribution is 2.66. The highest BCUT2D eigenvalue weighted by atomic mass is 31.3. The second-order valence-corrected chi connectivity index (χ2v) is 11.6. The Kier molecular flexibility index (Phi) is 8.91. The summed E-state index contributed by atoms with van der Waals surface area (Å²) in [6, 6.07) is 0. The van der Waals surface area contributed by atoms with E-state index in [4.69, 9.17) is 30.5 Å². The predicted molar refractivity (Wildman–Crippen MR) is 119 cm³/mol. The third-order valence-electron chi connectivity index (χ3n) is 4.82. The molecule has 0 bridgehead atoms. The van der Waals surface area contributed by atoms with Gasteiger partial charge in [0.25, 0.3) is 0 Å². The number of ether oxygens (including phenoxy) is 2. The maximum atomic E-state index is 12.1. The zero-order valence-electron chi connectivity index (χ0n) is 18.4. The Balaban J connectivity index is 1.79. The Morgan fingerprint density at radius 3 is 2.61 bits per heavy atom. The van der Waals surface area contributed by atoms with E-state index < -0.39 is 55.2 Å². The molecule has 3 rings (SSSR count). The quantitative estimate of drug-likeness (QED) is 0.105. The van der Waals surface area contributed by atoms with Crippen LogP contribution in [0.5, 0.6) is 0 Å². The van der Waals surface area contributed by atoms with Gasteiger partial charge in [0, 0.05) is 17.5 Å². The fourth-order valence-electron chi connectivity index (χ4n) is 3.50. The SMILES string of the molecule is CCc1cn([C@H]2CC(OCN=[N+]=[N-])[C@@H](COP(=O)(O)OP(=O)(O)OP(=O)(O)O)O2)c2ncnc(N)c12. The van der Waals surface area contributed by atoms with Crippen molar-refractivity contribution < 1.29 is 55.9 Å². The third kappa shape index (κ3) is 7.31. The van der Waals surface area contributed by atoms with Gasteiger partial charge >= 0.3 is 23.5 Å². The molecule has 3 heterocycles. The van der Waals surface area contributed by atoms with E-state index in [1.165, 1.54) is 6.33 Å². The molecule has 0 aliphatic carbocycles. The minimum atomic E-state index is -5.69. The average molecular weight is 573 g/mol. The summed E-state index contributed by atoms with van der Waals surface area (Å²) in [7, 11) is -16.6. The Labute approximate surface area is 202 Å². The van der Waals surface area contributed by atoms with Gasteiger partial charge in [-0.3, -0.25) is 4.52 Å². The van der Waals surface area contributed by atoms with E-state index >= 15 is 0 Å². The number of nitrogen functional groups attached to an aromatic ring is 1. The largest absolute Gasteiger partial charge is 0.490 e. The molecule has 0 radical (unpaired) electrons. The first-order valence-electron chi connectivity index (χ1n) is 9.91. The van der Waals surface area contributed by atoms with Crippen LogP contribution in [0, 0.1) is 0 Å². The van der Waals surface area contributed by atoms with Crippen LogP contribution in [-0.2, 0) is 42.7 Å². The number of phosphoric acid groups is 3. The average Bonchev–Trinajstić information content (AvgIpc) is 3.32. The lowest BCUT2D eigenvalue weighted by Gasteiger charge is -2.21. The van der Waals surface area contributed by atoms with Crippen molar-refractivity contribution in [1.29, 1.82) is 0 Å². The molecular weight excluding hydrogens is 551 g/mol. The fraction of sp³-hybridized carbons (Fsp3) is 0.571. The van der Waals surface area contributed by atoms with E-state index in [0.717, 1.165) is 5.56 Å². The zero-order valence-corrected chi connectivity index (χ0v) is 21.1. The molecule has 0 spiro atoms. The number of rotatable bonds is 12. The number of nitrogens with zero attached hydrogens (tertiary/aromatic N) is 6. The number of phosphoric ester groups is 1. The Bertz CT molecular complexity index is 1290. The molecule has 0 amide bonds. The van der Waals surface area contributed by atoms with E-state index in [1.54, 1.807) is 10.8 Å². The molecule has 200 valence electrons. The molecule has 1 saturated heterocycles. The second-order valence-electron chi connectivity index (χ2n) is 7.19. The van der Waals surface area contributed by atoms with Crippen LogP contribution in [0.3, 0.4) is 0 Å². The molecule has 1 aliphatic heterocycles. The highest BCUT2D eigenvalue weighted by Gasteiger charge is 2.43. The van der Waals surface area contributed by atoms with Crippen molar-refractivity contribution in [2.45, 2.75) is 38.2 Å². The molecule has 2 aromatic heterocycles. The summed E-state index contributed by atoms with van der Waals surface area (Å²) in [6.07, 6.45) is 1.01. The first-order valence-corrected chi connectivity index (χ1v) is 14.4. The van der Waals surface area contributed by atoms with E-state index in [2.05, 4.69) is 33.1 Å². The smallest absolute Gasteiger partial charge is 0.383 e. The minimum Gasteiger partial charge on any atom is -0.383 e. The normalized spacial score (nSPS) is 23.8. The molecule has 1 aliphatic rings. The molecular formula is C14H22N7O12P3. The van der Waals surface area contributed by atoms with Crippen LogP contribution in [0.1, 0.15) is 25.1 Å². The number of anilines is 1. The third-order valence-corrected chi connectivity index (χ3v) is 8.62. The van der Waals surface area contributed by atoms with Crippen LogP contribution in [0.2, 0.25) is 0 Å². The lowest BCUT2D eigenvalue weighted by Crippen LogP contribution is -2.29. The Morgan fingerprint density at radius 2 is 1.97 bits per heavy atom. The van der Waals surface area contributed by atoms with Crippen LogP contribution in [0.25, 0.3) is 21.5 Å². The van der Waals surface area contributed by atoms with Crippen molar-refractivity contribution in [2.75, 3.05) is 19.1 Å². The number of aryl methyl sites for hydroxylation is 1. The van der Waals surface area contributed by atoms with Gasteiger partial charge in [-0.15, -0.1) is 0 Å². The van der Waals surface area contributed by atoms with Crippen LogP contribution in [0.15, 0.2) is 17.6 Å². The van der Waals surface area contributed by atoms with Crippen molar-refractivity contribution in [3.05, 3.63) is 28.5 Å². The van der Waals surface area contributed by atoms with E-state index in [9.17, 15) is 23.5 Å². The lowest BCUT2D eigenvalue weighted by atomic mass is 10.2. The summed E-state index contributed by atoms with van der Waals surface area (Å²) in [4.78, 5) is 47.1. The fourth-order valence-corrected chi connectivity index (χ4v) is 6.53. The van der Waals surface area contributed by atoms with E-state index in [1.807, 2.05) is 6.92 Å². The summed E-state index contributed by atoms with van der Waals surface area (Å²) in [5, 5.41) is 3.88. The molecule has 0 saturated carbocycles. The van der Waals surface area contributed by atoms with Crippen molar-refractivity contribution in [3.8, 4) is 0 Å². The molecule has 22 heteroatoms. The van der Waals surface area contributed by atoms with Gasteiger partial charge in [0.05, 0.1) is 18.1 Å². The van der Waals surface area contributed by atoms with Crippen LogP contribution >= 0.6 is 23.5 Å². The first kappa shape index (κ1) is 28.6. The molecule has 36 heavy (non-hydrogen) atoms. The molecule has 3 unspecified atom stereocenters.